The SMILES string of the molecule is CCCN1CCCCN(S(=O)(=O)Cc2ccc(Cl)c(Cl)c2)[C@@H]2CCCC[C@@H]2Oc2ccccc2C1=O. The Hall–Kier alpha value is -1.80. The molecule has 0 saturated heterocycles. The van der Waals surface area contributed by atoms with Gasteiger partial charge in [0.05, 0.1) is 27.4 Å². The van der Waals surface area contributed by atoms with Crippen LogP contribution in [0.15, 0.2) is 42.5 Å². The highest BCUT2D eigenvalue weighted by atomic mass is 35.5. The van der Waals surface area contributed by atoms with E-state index >= 15 is 0 Å². The van der Waals surface area contributed by atoms with Gasteiger partial charge in [0.1, 0.15) is 11.9 Å². The molecule has 0 spiro atoms. The van der Waals surface area contributed by atoms with Crippen molar-refractivity contribution in [2.24, 2.45) is 0 Å². The Labute approximate surface area is 224 Å². The van der Waals surface area contributed by atoms with Gasteiger partial charge in [-0.15, -0.1) is 0 Å². The second-order valence-electron chi connectivity index (χ2n) is 9.62. The fourth-order valence-electron chi connectivity index (χ4n) is 5.21. The maximum absolute atomic E-state index is 13.8. The van der Waals surface area contributed by atoms with E-state index in [1.807, 2.05) is 29.2 Å². The number of nitrogens with zero attached hydrogens (tertiary/aromatic N) is 2. The van der Waals surface area contributed by atoms with Crippen molar-refractivity contribution in [2.75, 3.05) is 19.6 Å². The zero-order valence-electron chi connectivity index (χ0n) is 20.7. The summed E-state index contributed by atoms with van der Waals surface area (Å²) in [4.78, 5) is 15.3. The summed E-state index contributed by atoms with van der Waals surface area (Å²) in [7, 11) is -3.67. The number of ether oxygens (including phenoxy) is 1. The van der Waals surface area contributed by atoms with Gasteiger partial charge in [-0.1, -0.05) is 54.7 Å². The quantitative estimate of drug-likeness (QED) is 0.445. The predicted molar refractivity (Wildman–Crippen MR) is 144 cm³/mol. The van der Waals surface area contributed by atoms with Crippen molar-refractivity contribution in [1.29, 1.82) is 0 Å². The van der Waals surface area contributed by atoms with Crippen LogP contribution in [0.4, 0.5) is 0 Å². The van der Waals surface area contributed by atoms with Crippen LogP contribution in [0.25, 0.3) is 0 Å². The molecule has 1 aliphatic heterocycles. The Balaban J connectivity index is 1.68. The molecule has 2 aromatic rings. The summed E-state index contributed by atoms with van der Waals surface area (Å²) in [5.41, 5.74) is 1.15. The third kappa shape index (κ3) is 6.36. The standard InChI is InChI=1S/C27H34Cl2N2O4S/c1-2-15-30-16-7-8-17-31(36(33,34)19-20-13-14-22(28)23(29)18-20)24-10-4-6-12-26(24)35-25-11-5-3-9-21(25)27(30)32/h3,5,9,11,13-14,18,24,26H,2,4,6-8,10,12,15-17,19H2,1H3/t24-,26+/m1/s1. The van der Waals surface area contributed by atoms with E-state index in [0.29, 0.717) is 53.0 Å². The number of benzene rings is 2. The van der Waals surface area contributed by atoms with Crippen LogP contribution in [0.1, 0.15) is 67.8 Å². The highest BCUT2D eigenvalue weighted by Gasteiger charge is 2.38. The molecular formula is C27H34Cl2N2O4S. The fraction of sp³-hybridized carbons (Fsp3) is 0.519. The van der Waals surface area contributed by atoms with Gasteiger partial charge in [-0.05, 0) is 68.4 Å². The smallest absolute Gasteiger partial charge is 0.257 e. The van der Waals surface area contributed by atoms with Crippen LogP contribution in [-0.2, 0) is 15.8 Å². The fourth-order valence-corrected chi connectivity index (χ4v) is 7.36. The third-order valence-electron chi connectivity index (χ3n) is 6.96. The molecule has 1 aliphatic carbocycles. The molecule has 1 fully saturated rings. The molecule has 0 unspecified atom stereocenters. The largest absolute Gasteiger partial charge is 0.488 e. The molecular weight excluding hydrogens is 519 g/mol. The van der Waals surface area contributed by atoms with E-state index in [4.69, 9.17) is 27.9 Å². The number of carbonyl (C=O) groups is 1. The zero-order chi connectivity index (χ0) is 25.7. The van der Waals surface area contributed by atoms with Crippen LogP contribution < -0.4 is 4.74 Å². The molecule has 2 aliphatic rings. The summed E-state index contributed by atoms with van der Waals surface area (Å²) in [6.45, 7) is 3.67. The van der Waals surface area contributed by atoms with Crippen LogP contribution in [0.5, 0.6) is 5.75 Å². The Morgan fingerprint density at radius 2 is 1.72 bits per heavy atom. The van der Waals surface area contributed by atoms with Crippen LogP contribution in [0, 0.1) is 0 Å². The van der Waals surface area contributed by atoms with Gasteiger partial charge in [0.25, 0.3) is 5.91 Å². The Kier molecular flexibility index (Phi) is 9.20. The van der Waals surface area contributed by atoms with Crippen molar-refractivity contribution in [2.45, 2.75) is 69.8 Å². The Morgan fingerprint density at radius 1 is 0.972 bits per heavy atom. The topological polar surface area (TPSA) is 66.9 Å². The zero-order valence-corrected chi connectivity index (χ0v) is 23.0. The monoisotopic (exact) mass is 552 g/mol. The van der Waals surface area contributed by atoms with Crippen molar-refractivity contribution in [1.82, 2.24) is 9.21 Å². The van der Waals surface area contributed by atoms with E-state index in [-0.39, 0.29) is 23.8 Å². The van der Waals surface area contributed by atoms with Crippen molar-refractivity contribution < 1.29 is 17.9 Å². The minimum Gasteiger partial charge on any atom is -0.488 e. The van der Waals surface area contributed by atoms with E-state index in [0.717, 1.165) is 38.5 Å². The van der Waals surface area contributed by atoms with E-state index in [2.05, 4.69) is 6.92 Å². The Bertz CT molecular complexity index is 1170. The first-order valence-corrected chi connectivity index (χ1v) is 15.1. The lowest BCUT2D eigenvalue weighted by Crippen LogP contribution is -2.51. The molecule has 1 heterocycles. The molecule has 6 nitrogen and oxygen atoms in total. The number of para-hydroxylation sites is 1. The molecule has 1 amide bonds. The average Bonchev–Trinajstić information content (AvgIpc) is 2.85. The van der Waals surface area contributed by atoms with Gasteiger partial charge in [0.2, 0.25) is 10.0 Å². The molecule has 1 saturated carbocycles. The van der Waals surface area contributed by atoms with Crippen LogP contribution in [-0.4, -0.2) is 55.3 Å². The lowest BCUT2D eigenvalue weighted by atomic mass is 9.92. The maximum atomic E-state index is 13.8. The number of hydrogen-bond acceptors (Lipinski definition) is 4. The number of amides is 1. The molecule has 196 valence electrons. The van der Waals surface area contributed by atoms with Crippen molar-refractivity contribution >= 4 is 39.1 Å². The molecule has 4 rings (SSSR count). The van der Waals surface area contributed by atoms with Crippen molar-refractivity contribution in [3.63, 3.8) is 0 Å². The number of hydrogen-bond donors (Lipinski definition) is 0. The molecule has 9 heteroatoms. The van der Waals surface area contributed by atoms with Gasteiger partial charge >= 0.3 is 0 Å². The first-order chi connectivity index (χ1) is 17.3. The predicted octanol–water partition coefficient (Wildman–Crippen LogP) is 6.16. The van der Waals surface area contributed by atoms with Crippen LogP contribution in [0.2, 0.25) is 10.0 Å². The van der Waals surface area contributed by atoms with Gasteiger partial charge in [-0.3, -0.25) is 4.79 Å². The average molecular weight is 554 g/mol. The van der Waals surface area contributed by atoms with E-state index in [1.165, 1.54) is 0 Å². The Morgan fingerprint density at radius 3 is 2.50 bits per heavy atom. The summed E-state index contributed by atoms with van der Waals surface area (Å²) in [5, 5.41) is 0.740. The molecule has 2 aromatic carbocycles. The van der Waals surface area contributed by atoms with E-state index in [1.54, 1.807) is 22.5 Å². The summed E-state index contributed by atoms with van der Waals surface area (Å²) in [5.74, 6) is 0.358. The third-order valence-corrected chi connectivity index (χ3v) is 9.57. The van der Waals surface area contributed by atoms with Crippen LogP contribution >= 0.6 is 23.2 Å². The highest BCUT2D eigenvalue weighted by molar-refractivity contribution is 7.88. The first-order valence-electron chi connectivity index (χ1n) is 12.8. The molecule has 36 heavy (non-hydrogen) atoms. The van der Waals surface area contributed by atoms with Gasteiger partial charge in [-0.2, -0.15) is 4.31 Å². The number of carbonyl (C=O) groups excluding carboxylic acids is 1. The second-order valence-corrected chi connectivity index (χ2v) is 12.4. The number of fused-ring (bicyclic) bond motifs is 2. The normalized spacial score (nSPS) is 22.1. The minimum absolute atomic E-state index is 0.0236. The molecule has 2 atom stereocenters. The minimum atomic E-state index is -3.67. The molecule has 0 N–H and O–H groups in total. The highest BCUT2D eigenvalue weighted by Crippen LogP contribution is 2.33. The first kappa shape index (κ1) is 27.2. The maximum Gasteiger partial charge on any atom is 0.257 e. The van der Waals surface area contributed by atoms with E-state index in [9.17, 15) is 13.2 Å². The van der Waals surface area contributed by atoms with Gasteiger partial charge in [0, 0.05) is 19.6 Å². The van der Waals surface area contributed by atoms with Crippen molar-refractivity contribution in [3.8, 4) is 5.75 Å². The van der Waals surface area contributed by atoms with Crippen LogP contribution in [0.3, 0.4) is 0 Å². The van der Waals surface area contributed by atoms with Gasteiger partial charge < -0.3 is 9.64 Å². The van der Waals surface area contributed by atoms with E-state index < -0.39 is 10.0 Å². The molecule has 0 bridgehead atoms. The lowest BCUT2D eigenvalue weighted by Gasteiger charge is -2.40. The molecule has 0 aromatic heterocycles. The number of halogens is 2. The summed E-state index contributed by atoms with van der Waals surface area (Å²) in [6, 6.07) is 12.0. The lowest BCUT2D eigenvalue weighted by molar-refractivity contribution is 0.0636. The van der Waals surface area contributed by atoms with Crippen molar-refractivity contribution in [3.05, 3.63) is 63.6 Å². The van der Waals surface area contributed by atoms with Gasteiger partial charge in [0.15, 0.2) is 0 Å². The summed E-state index contributed by atoms with van der Waals surface area (Å²) < 4.78 is 35.8. The second kappa shape index (κ2) is 12.2. The number of rotatable bonds is 5. The number of sulfonamides is 1. The summed E-state index contributed by atoms with van der Waals surface area (Å²) >= 11 is 12.2. The van der Waals surface area contributed by atoms with Gasteiger partial charge in [-0.25, -0.2) is 8.42 Å². The molecule has 0 radical (unpaired) electrons. The summed E-state index contributed by atoms with van der Waals surface area (Å²) in [6.07, 6.45) is 5.28.